The molecule has 7 heteroatoms. The standard InChI is InChI=1S/C26H30N2O5/c1-2-22-14-19(11-12-28(22)26(30)31)25-32-15-20-13-18(7-10-23(20)33-25)16-3-5-17(6-4-16)24(29)27-21-8-9-21/h3-7,10,13,19,21-22,25H,2,8-9,11-12,14-15H2,1H3,(H,27,29)(H,30,31). The molecule has 2 fully saturated rings. The number of carboxylic acid groups (broad SMARTS) is 1. The third-order valence-electron chi connectivity index (χ3n) is 6.96. The van der Waals surface area contributed by atoms with Gasteiger partial charge in [-0.15, -0.1) is 0 Å². The second-order valence-electron chi connectivity index (χ2n) is 9.27. The lowest BCUT2D eigenvalue weighted by atomic mass is 9.89. The molecule has 2 amide bonds. The molecular formula is C26H30N2O5. The summed E-state index contributed by atoms with van der Waals surface area (Å²) in [5, 5.41) is 12.4. The molecule has 1 saturated carbocycles. The van der Waals surface area contributed by atoms with Crippen LogP contribution in [0.1, 0.15) is 54.9 Å². The van der Waals surface area contributed by atoms with Crippen molar-refractivity contribution < 1.29 is 24.2 Å². The minimum absolute atomic E-state index is 0.00607. The largest absolute Gasteiger partial charge is 0.465 e. The monoisotopic (exact) mass is 450 g/mol. The van der Waals surface area contributed by atoms with Crippen LogP contribution in [0.3, 0.4) is 0 Å². The van der Waals surface area contributed by atoms with Crippen LogP contribution in [0.5, 0.6) is 5.75 Å². The third kappa shape index (κ3) is 4.69. The smallest absolute Gasteiger partial charge is 0.407 e. The fourth-order valence-corrected chi connectivity index (χ4v) is 4.83. The van der Waals surface area contributed by atoms with E-state index in [1.807, 2.05) is 43.3 Å². The number of piperidine rings is 1. The lowest BCUT2D eigenvalue weighted by Crippen LogP contribution is -2.49. The van der Waals surface area contributed by atoms with Crippen LogP contribution >= 0.6 is 0 Å². The molecule has 0 radical (unpaired) electrons. The molecule has 2 aromatic rings. The van der Waals surface area contributed by atoms with Gasteiger partial charge in [0.1, 0.15) is 5.75 Å². The van der Waals surface area contributed by atoms with Crippen LogP contribution in [0.2, 0.25) is 0 Å². The number of fused-ring (bicyclic) bond motifs is 1. The van der Waals surface area contributed by atoms with Crippen molar-refractivity contribution in [2.24, 2.45) is 5.92 Å². The number of carbonyl (C=O) groups excluding carboxylic acids is 1. The number of hydrogen-bond donors (Lipinski definition) is 2. The Kier molecular flexibility index (Phi) is 5.98. The number of hydrogen-bond acceptors (Lipinski definition) is 4. The molecule has 3 unspecified atom stereocenters. The van der Waals surface area contributed by atoms with E-state index in [9.17, 15) is 14.7 Å². The van der Waals surface area contributed by atoms with Gasteiger partial charge >= 0.3 is 6.09 Å². The maximum absolute atomic E-state index is 12.2. The van der Waals surface area contributed by atoms with Crippen LogP contribution < -0.4 is 10.1 Å². The fraction of sp³-hybridized carbons (Fsp3) is 0.462. The van der Waals surface area contributed by atoms with Crippen molar-refractivity contribution in [1.29, 1.82) is 0 Å². The van der Waals surface area contributed by atoms with E-state index in [4.69, 9.17) is 9.47 Å². The first-order chi connectivity index (χ1) is 16.0. The SMILES string of the molecule is CCC1CC(C2OCc3cc(-c4ccc(C(=O)NC5CC5)cc4)ccc3O2)CCN1C(=O)O. The molecule has 174 valence electrons. The van der Waals surface area contributed by atoms with Crippen molar-refractivity contribution in [2.45, 2.75) is 64.0 Å². The highest BCUT2D eigenvalue weighted by Gasteiger charge is 2.37. The van der Waals surface area contributed by atoms with Crippen LogP contribution in [0.25, 0.3) is 11.1 Å². The van der Waals surface area contributed by atoms with Gasteiger partial charge in [-0.25, -0.2) is 4.79 Å². The van der Waals surface area contributed by atoms with Gasteiger partial charge in [-0.2, -0.15) is 0 Å². The first-order valence-electron chi connectivity index (χ1n) is 11.8. The highest BCUT2D eigenvalue weighted by Crippen LogP contribution is 2.36. The van der Waals surface area contributed by atoms with Crippen LogP contribution in [0.4, 0.5) is 4.79 Å². The van der Waals surface area contributed by atoms with Crippen LogP contribution in [0.15, 0.2) is 42.5 Å². The number of rotatable bonds is 5. The van der Waals surface area contributed by atoms with Gasteiger partial charge in [-0.3, -0.25) is 4.79 Å². The minimum atomic E-state index is -0.847. The number of amides is 2. The Hall–Kier alpha value is -3.06. The molecule has 2 aromatic carbocycles. The number of ether oxygens (including phenoxy) is 2. The van der Waals surface area contributed by atoms with E-state index in [0.717, 1.165) is 54.5 Å². The van der Waals surface area contributed by atoms with Gasteiger partial charge in [0.25, 0.3) is 5.91 Å². The molecular weight excluding hydrogens is 420 g/mol. The van der Waals surface area contributed by atoms with Crippen molar-refractivity contribution in [3.63, 3.8) is 0 Å². The fourth-order valence-electron chi connectivity index (χ4n) is 4.83. The van der Waals surface area contributed by atoms with Crippen molar-refractivity contribution >= 4 is 12.0 Å². The molecule has 0 bridgehead atoms. The van der Waals surface area contributed by atoms with Gasteiger partial charge in [0.15, 0.2) is 0 Å². The zero-order valence-electron chi connectivity index (χ0n) is 18.8. The van der Waals surface area contributed by atoms with E-state index in [2.05, 4.69) is 11.4 Å². The predicted molar refractivity (Wildman–Crippen MR) is 123 cm³/mol. The number of nitrogens with one attached hydrogen (secondary N) is 1. The highest BCUT2D eigenvalue weighted by molar-refractivity contribution is 5.95. The number of likely N-dealkylation sites (tertiary alicyclic amines) is 1. The predicted octanol–water partition coefficient (Wildman–Crippen LogP) is 4.65. The first kappa shape index (κ1) is 21.8. The van der Waals surface area contributed by atoms with E-state index in [1.54, 1.807) is 4.90 Å². The number of nitrogens with zero attached hydrogens (tertiary/aromatic N) is 1. The Morgan fingerprint density at radius 3 is 2.55 bits per heavy atom. The van der Waals surface area contributed by atoms with E-state index in [-0.39, 0.29) is 24.2 Å². The molecule has 7 nitrogen and oxygen atoms in total. The van der Waals surface area contributed by atoms with Gasteiger partial charge in [0.2, 0.25) is 6.29 Å². The summed E-state index contributed by atoms with van der Waals surface area (Å²) in [6, 6.07) is 14.1. The molecule has 33 heavy (non-hydrogen) atoms. The van der Waals surface area contributed by atoms with Crippen LogP contribution in [0, 0.1) is 5.92 Å². The molecule has 1 saturated heterocycles. The zero-order chi connectivity index (χ0) is 22.9. The molecule has 1 aliphatic carbocycles. The molecule has 2 N–H and O–H groups in total. The van der Waals surface area contributed by atoms with E-state index in [1.165, 1.54) is 0 Å². The third-order valence-corrected chi connectivity index (χ3v) is 6.96. The Bertz CT molecular complexity index is 1030. The summed E-state index contributed by atoms with van der Waals surface area (Å²) < 4.78 is 12.3. The highest BCUT2D eigenvalue weighted by atomic mass is 16.7. The van der Waals surface area contributed by atoms with Crippen molar-refractivity contribution in [2.75, 3.05) is 6.54 Å². The average molecular weight is 451 g/mol. The maximum Gasteiger partial charge on any atom is 0.407 e. The Morgan fingerprint density at radius 2 is 1.85 bits per heavy atom. The quantitative estimate of drug-likeness (QED) is 0.692. The summed E-state index contributed by atoms with van der Waals surface area (Å²) in [6.45, 7) is 3.00. The second kappa shape index (κ2) is 9.06. The van der Waals surface area contributed by atoms with Crippen LogP contribution in [-0.2, 0) is 11.3 Å². The van der Waals surface area contributed by atoms with Gasteiger partial charge in [0.05, 0.1) is 6.61 Å². The van der Waals surface area contributed by atoms with Crippen LogP contribution in [-0.4, -0.2) is 46.9 Å². The summed E-state index contributed by atoms with van der Waals surface area (Å²) in [6.07, 6.45) is 3.23. The van der Waals surface area contributed by atoms with E-state index in [0.29, 0.717) is 24.8 Å². The summed E-state index contributed by atoms with van der Waals surface area (Å²) in [5.41, 5.74) is 3.76. The molecule has 2 aliphatic heterocycles. The Morgan fingerprint density at radius 1 is 1.09 bits per heavy atom. The van der Waals surface area contributed by atoms with E-state index < -0.39 is 6.09 Å². The lowest BCUT2D eigenvalue weighted by molar-refractivity contribution is -0.152. The molecule has 2 heterocycles. The lowest BCUT2D eigenvalue weighted by Gasteiger charge is -2.41. The van der Waals surface area contributed by atoms with Gasteiger partial charge in [0, 0.05) is 35.7 Å². The van der Waals surface area contributed by atoms with Crippen molar-refractivity contribution in [3.8, 4) is 16.9 Å². The normalized spacial score (nSPS) is 24.5. The van der Waals surface area contributed by atoms with Crippen molar-refractivity contribution in [1.82, 2.24) is 10.2 Å². The Balaban J connectivity index is 1.24. The second-order valence-corrected chi connectivity index (χ2v) is 9.27. The number of benzene rings is 2. The molecule has 3 aliphatic rings. The maximum atomic E-state index is 12.2. The van der Waals surface area contributed by atoms with E-state index >= 15 is 0 Å². The summed E-state index contributed by atoms with van der Waals surface area (Å²) in [5.74, 6) is 0.985. The Labute approximate surface area is 193 Å². The topological polar surface area (TPSA) is 88.1 Å². The first-order valence-corrected chi connectivity index (χ1v) is 11.8. The minimum Gasteiger partial charge on any atom is -0.465 e. The zero-order valence-corrected chi connectivity index (χ0v) is 18.8. The van der Waals surface area contributed by atoms with Gasteiger partial charge in [-0.05, 0) is 67.5 Å². The summed E-state index contributed by atoms with van der Waals surface area (Å²) in [7, 11) is 0. The van der Waals surface area contributed by atoms with Crippen molar-refractivity contribution in [3.05, 3.63) is 53.6 Å². The van der Waals surface area contributed by atoms with Gasteiger partial charge < -0.3 is 24.8 Å². The molecule has 0 spiro atoms. The molecule has 5 rings (SSSR count). The number of carbonyl (C=O) groups is 2. The molecule has 0 aromatic heterocycles. The molecule has 3 atom stereocenters. The average Bonchev–Trinajstić information content (AvgIpc) is 3.67. The van der Waals surface area contributed by atoms with Gasteiger partial charge in [-0.1, -0.05) is 25.1 Å². The summed E-state index contributed by atoms with van der Waals surface area (Å²) >= 11 is 0. The summed E-state index contributed by atoms with van der Waals surface area (Å²) in [4.78, 5) is 25.2.